The maximum Gasteiger partial charge on any atom is 0.267 e. The van der Waals surface area contributed by atoms with Gasteiger partial charge in [-0.2, -0.15) is 0 Å². The standard InChI is InChI=1S/C24H34N4O4/c29-22(27-32-23-8-4-5-15-31-23)12-10-18-9-11-21(25-16-18)26-20-13-14-28(17-20)24(30)19-6-2-1-3-7-19/h9-12,16,19-20,23H,1-8,13-15,17H2,(H,25,26)(H,27,29)/t20-,23?/m1/s1. The molecule has 1 aliphatic carbocycles. The number of amides is 2. The lowest BCUT2D eigenvalue weighted by Crippen LogP contribution is -2.36. The third-order valence-electron chi connectivity index (χ3n) is 6.45. The molecule has 3 heterocycles. The molecular weight excluding hydrogens is 408 g/mol. The first kappa shape index (κ1) is 22.7. The van der Waals surface area contributed by atoms with Crippen LogP contribution in [0.5, 0.6) is 0 Å². The SMILES string of the molecule is O=C(C=Cc1ccc(N[C@@H]2CCN(C(=O)C3CCCCC3)C2)nc1)NOC1CCCCO1. The van der Waals surface area contributed by atoms with Crippen LogP contribution in [0.1, 0.15) is 63.4 Å². The summed E-state index contributed by atoms with van der Waals surface area (Å²) in [5.41, 5.74) is 3.22. The van der Waals surface area contributed by atoms with Crippen LogP contribution in [0.15, 0.2) is 24.4 Å². The highest BCUT2D eigenvalue weighted by Crippen LogP contribution is 2.27. The van der Waals surface area contributed by atoms with Crippen molar-refractivity contribution >= 4 is 23.7 Å². The number of pyridine rings is 1. The van der Waals surface area contributed by atoms with E-state index in [-0.39, 0.29) is 24.2 Å². The van der Waals surface area contributed by atoms with Crippen LogP contribution in [0.4, 0.5) is 5.82 Å². The number of ether oxygens (including phenoxy) is 1. The first-order valence-electron chi connectivity index (χ1n) is 11.9. The molecule has 3 fully saturated rings. The van der Waals surface area contributed by atoms with E-state index in [0.29, 0.717) is 12.5 Å². The van der Waals surface area contributed by atoms with Gasteiger partial charge >= 0.3 is 0 Å². The highest BCUT2D eigenvalue weighted by molar-refractivity contribution is 5.90. The van der Waals surface area contributed by atoms with Gasteiger partial charge in [-0.3, -0.25) is 9.59 Å². The first-order chi connectivity index (χ1) is 15.7. The monoisotopic (exact) mass is 442 g/mol. The Morgan fingerprint density at radius 1 is 1.09 bits per heavy atom. The first-order valence-corrected chi connectivity index (χ1v) is 11.9. The predicted octanol–water partition coefficient (Wildman–Crippen LogP) is 3.26. The summed E-state index contributed by atoms with van der Waals surface area (Å²) < 4.78 is 5.41. The minimum atomic E-state index is -0.363. The molecule has 1 aromatic heterocycles. The van der Waals surface area contributed by atoms with Crippen LogP contribution in [-0.4, -0.2) is 53.7 Å². The molecule has 1 unspecified atom stereocenters. The van der Waals surface area contributed by atoms with E-state index in [1.54, 1.807) is 12.3 Å². The second kappa shape index (κ2) is 11.4. The van der Waals surface area contributed by atoms with Gasteiger partial charge in [0.05, 0.1) is 0 Å². The topological polar surface area (TPSA) is 92.8 Å². The summed E-state index contributed by atoms with van der Waals surface area (Å²) in [5.74, 6) is 1.00. The Morgan fingerprint density at radius 3 is 2.69 bits per heavy atom. The van der Waals surface area contributed by atoms with Crippen molar-refractivity contribution in [3.8, 4) is 0 Å². The minimum Gasteiger partial charge on any atom is -0.365 e. The van der Waals surface area contributed by atoms with Gasteiger partial charge in [0.2, 0.25) is 5.91 Å². The molecule has 8 heteroatoms. The third-order valence-corrected chi connectivity index (χ3v) is 6.45. The molecule has 2 saturated heterocycles. The fraction of sp³-hybridized carbons (Fsp3) is 0.625. The molecule has 0 radical (unpaired) electrons. The van der Waals surface area contributed by atoms with Gasteiger partial charge in [-0.15, -0.1) is 0 Å². The molecule has 2 amide bonds. The van der Waals surface area contributed by atoms with E-state index in [4.69, 9.17) is 9.57 Å². The lowest BCUT2D eigenvalue weighted by molar-refractivity contribution is -0.198. The van der Waals surface area contributed by atoms with Crippen LogP contribution in [-0.2, 0) is 19.2 Å². The summed E-state index contributed by atoms with van der Waals surface area (Å²) in [6, 6.07) is 4.03. The van der Waals surface area contributed by atoms with E-state index in [2.05, 4.69) is 15.8 Å². The zero-order valence-corrected chi connectivity index (χ0v) is 18.6. The lowest BCUT2D eigenvalue weighted by atomic mass is 9.88. The van der Waals surface area contributed by atoms with Crippen LogP contribution in [0.2, 0.25) is 0 Å². The van der Waals surface area contributed by atoms with Crippen molar-refractivity contribution in [2.45, 2.75) is 70.1 Å². The molecule has 8 nitrogen and oxygen atoms in total. The van der Waals surface area contributed by atoms with Gasteiger partial charge in [0.1, 0.15) is 5.82 Å². The third kappa shape index (κ3) is 6.53. The molecule has 0 aromatic carbocycles. The molecule has 0 bridgehead atoms. The van der Waals surface area contributed by atoms with Crippen molar-refractivity contribution in [2.75, 3.05) is 25.0 Å². The maximum atomic E-state index is 12.7. The predicted molar refractivity (Wildman–Crippen MR) is 121 cm³/mol. The number of hydrogen-bond donors (Lipinski definition) is 2. The Bertz CT molecular complexity index is 786. The number of nitrogens with zero attached hydrogens (tertiary/aromatic N) is 2. The Hall–Kier alpha value is -2.45. The van der Waals surface area contributed by atoms with Crippen LogP contribution < -0.4 is 10.8 Å². The molecule has 0 spiro atoms. The fourth-order valence-electron chi connectivity index (χ4n) is 4.62. The smallest absolute Gasteiger partial charge is 0.267 e. The molecule has 2 atom stereocenters. The van der Waals surface area contributed by atoms with E-state index < -0.39 is 0 Å². The summed E-state index contributed by atoms with van der Waals surface area (Å²) in [4.78, 5) is 36.4. The summed E-state index contributed by atoms with van der Waals surface area (Å²) >= 11 is 0. The summed E-state index contributed by atoms with van der Waals surface area (Å²) in [7, 11) is 0. The van der Waals surface area contributed by atoms with Gasteiger partial charge < -0.3 is 15.0 Å². The molecule has 1 aromatic rings. The quantitative estimate of drug-likeness (QED) is 0.497. The van der Waals surface area contributed by atoms with Crippen molar-refractivity contribution in [3.05, 3.63) is 30.0 Å². The van der Waals surface area contributed by atoms with Gasteiger partial charge in [0, 0.05) is 50.3 Å². The van der Waals surface area contributed by atoms with E-state index >= 15 is 0 Å². The molecule has 2 aliphatic heterocycles. The van der Waals surface area contributed by atoms with Gasteiger partial charge in [0.15, 0.2) is 6.29 Å². The average Bonchev–Trinajstić information content (AvgIpc) is 3.31. The Labute approximate surface area is 189 Å². The molecule has 32 heavy (non-hydrogen) atoms. The number of anilines is 1. The van der Waals surface area contributed by atoms with Crippen molar-refractivity contribution in [2.24, 2.45) is 5.92 Å². The fourth-order valence-corrected chi connectivity index (χ4v) is 4.62. The molecule has 2 N–H and O–H groups in total. The summed E-state index contributed by atoms with van der Waals surface area (Å²) in [6.45, 7) is 2.22. The number of hydrogen-bond acceptors (Lipinski definition) is 6. The zero-order chi connectivity index (χ0) is 22.2. The van der Waals surface area contributed by atoms with Crippen LogP contribution in [0.3, 0.4) is 0 Å². The number of carbonyl (C=O) groups excluding carboxylic acids is 2. The molecule has 4 rings (SSSR count). The van der Waals surface area contributed by atoms with Gasteiger partial charge in [0.25, 0.3) is 5.91 Å². The molecule has 174 valence electrons. The van der Waals surface area contributed by atoms with Crippen LogP contribution >= 0.6 is 0 Å². The molecule has 1 saturated carbocycles. The zero-order valence-electron chi connectivity index (χ0n) is 18.6. The van der Waals surface area contributed by atoms with Crippen LogP contribution in [0.25, 0.3) is 6.08 Å². The normalized spacial score (nSPS) is 24.6. The number of carbonyl (C=O) groups is 2. The highest BCUT2D eigenvalue weighted by Gasteiger charge is 2.31. The second-order valence-electron chi connectivity index (χ2n) is 8.94. The summed E-state index contributed by atoms with van der Waals surface area (Å²) in [6.07, 6.45) is 14.0. The Kier molecular flexibility index (Phi) is 8.12. The number of rotatable bonds is 7. The second-order valence-corrected chi connectivity index (χ2v) is 8.94. The van der Waals surface area contributed by atoms with E-state index in [0.717, 1.165) is 63.0 Å². The van der Waals surface area contributed by atoms with E-state index in [9.17, 15) is 9.59 Å². The maximum absolute atomic E-state index is 12.7. The minimum absolute atomic E-state index is 0.223. The number of hydroxylamine groups is 1. The Balaban J connectivity index is 1.19. The van der Waals surface area contributed by atoms with Gasteiger partial charge in [-0.1, -0.05) is 19.3 Å². The van der Waals surface area contributed by atoms with Gasteiger partial charge in [-0.25, -0.2) is 15.3 Å². The number of aromatic nitrogens is 1. The van der Waals surface area contributed by atoms with Crippen molar-refractivity contribution < 1.29 is 19.2 Å². The van der Waals surface area contributed by atoms with E-state index in [1.165, 1.54) is 25.3 Å². The highest BCUT2D eigenvalue weighted by atomic mass is 16.8. The van der Waals surface area contributed by atoms with Gasteiger partial charge in [-0.05, 0) is 55.9 Å². The Morgan fingerprint density at radius 2 is 1.94 bits per heavy atom. The van der Waals surface area contributed by atoms with Crippen molar-refractivity contribution in [1.82, 2.24) is 15.4 Å². The van der Waals surface area contributed by atoms with E-state index in [1.807, 2.05) is 17.0 Å². The van der Waals surface area contributed by atoms with Crippen LogP contribution in [0, 0.1) is 5.92 Å². The molecule has 3 aliphatic rings. The average molecular weight is 443 g/mol. The largest absolute Gasteiger partial charge is 0.365 e. The van der Waals surface area contributed by atoms with Crippen molar-refractivity contribution in [1.29, 1.82) is 0 Å². The van der Waals surface area contributed by atoms with Crippen molar-refractivity contribution in [3.63, 3.8) is 0 Å². The number of nitrogens with one attached hydrogen (secondary N) is 2. The lowest BCUT2D eigenvalue weighted by Gasteiger charge is -2.26. The number of likely N-dealkylation sites (tertiary alicyclic amines) is 1. The summed E-state index contributed by atoms with van der Waals surface area (Å²) in [5, 5.41) is 3.44. The molecular formula is C24H34N4O4.